The lowest BCUT2D eigenvalue weighted by molar-refractivity contribution is -0.145. The number of carboxylic acid groups (broad SMARTS) is 1. The van der Waals surface area contributed by atoms with Crippen molar-refractivity contribution in [3.63, 3.8) is 0 Å². The smallest absolute Gasteiger partial charge is 0.345 e. The van der Waals surface area contributed by atoms with E-state index in [4.69, 9.17) is 9.47 Å². The SMILES string of the molecule is COc1cccc(CC(Oc2ccccc2C(C)C)C(=O)O)c1. The summed E-state index contributed by atoms with van der Waals surface area (Å²) in [6.45, 7) is 4.11. The Hall–Kier alpha value is -2.49. The highest BCUT2D eigenvalue weighted by Gasteiger charge is 2.22. The molecule has 4 heteroatoms. The number of ether oxygens (including phenoxy) is 2. The predicted octanol–water partition coefficient (Wildman–Crippen LogP) is 3.89. The van der Waals surface area contributed by atoms with Crippen molar-refractivity contribution in [2.75, 3.05) is 7.11 Å². The van der Waals surface area contributed by atoms with E-state index in [1.807, 2.05) is 48.5 Å². The minimum Gasteiger partial charge on any atom is -0.497 e. The van der Waals surface area contributed by atoms with Gasteiger partial charge in [-0.1, -0.05) is 44.2 Å². The molecule has 0 saturated heterocycles. The van der Waals surface area contributed by atoms with Gasteiger partial charge in [0, 0.05) is 6.42 Å². The molecule has 0 radical (unpaired) electrons. The molecule has 2 aromatic carbocycles. The highest BCUT2D eigenvalue weighted by atomic mass is 16.5. The Morgan fingerprint density at radius 1 is 1.13 bits per heavy atom. The number of hydrogen-bond acceptors (Lipinski definition) is 3. The molecule has 1 atom stereocenters. The molecule has 4 nitrogen and oxygen atoms in total. The summed E-state index contributed by atoms with van der Waals surface area (Å²) in [4.78, 5) is 11.6. The molecule has 0 fully saturated rings. The van der Waals surface area contributed by atoms with Gasteiger partial charge in [0.15, 0.2) is 6.10 Å². The Morgan fingerprint density at radius 2 is 1.87 bits per heavy atom. The Bertz CT molecular complexity index is 664. The molecule has 2 rings (SSSR count). The van der Waals surface area contributed by atoms with Crippen LogP contribution in [0.2, 0.25) is 0 Å². The normalized spacial score (nSPS) is 12.0. The van der Waals surface area contributed by atoms with Gasteiger partial charge in [0.2, 0.25) is 0 Å². The quantitative estimate of drug-likeness (QED) is 0.842. The average molecular weight is 314 g/mol. The van der Waals surface area contributed by atoms with E-state index in [2.05, 4.69) is 13.8 Å². The summed E-state index contributed by atoms with van der Waals surface area (Å²) in [5.41, 5.74) is 1.86. The van der Waals surface area contributed by atoms with Gasteiger partial charge in [-0.15, -0.1) is 0 Å². The predicted molar refractivity (Wildman–Crippen MR) is 89.3 cm³/mol. The molecule has 23 heavy (non-hydrogen) atoms. The summed E-state index contributed by atoms with van der Waals surface area (Å²) < 4.78 is 11.0. The molecule has 0 spiro atoms. The van der Waals surface area contributed by atoms with E-state index in [0.717, 1.165) is 11.1 Å². The van der Waals surface area contributed by atoms with Crippen molar-refractivity contribution in [2.24, 2.45) is 0 Å². The van der Waals surface area contributed by atoms with E-state index in [1.165, 1.54) is 0 Å². The van der Waals surface area contributed by atoms with Crippen LogP contribution in [0.5, 0.6) is 11.5 Å². The second-order valence-electron chi connectivity index (χ2n) is 5.69. The Balaban J connectivity index is 2.21. The van der Waals surface area contributed by atoms with Gasteiger partial charge in [0.1, 0.15) is 11.5 Å². The van der Waals surface area contributed by atoms with Crippen molar-refractivity contribution >= 4 is 5.97 Å². The number of aliphatic carboxylic acids is 1. The average Bonchev–Trinajstić information content (AvgIpc) is 2.54. The fraction of sp³-hybridized carbons (Fsp3) is 0.316. The van der Waals surface area contributed by atoms with Gasteiger partial charge < -0.3 is 14.6 Å². The molecular formula is C19H22O4. The van der Waals surface area contributed by atoms with Gasteiger partial charge in [-0.05, 0) is 35.2 Å². The summed E-state index contributed by atoms with van der Waals surface area (Å²) in [6, 6.07) is 14.9. The minimum absolute atomic E-state index is 0.262. The number of carboxylic acids is 1. The van der Waals surface area contributed by atoms with Crippen LogP contribution < -0.4 is 9.47 Å². The summed E-state index contributed by atoms with van der Waals surface area (Å²) in [5.74, 6) is 0.607. The Labute approximate surface area is 136 Å². The van der Waals surface area contributed by atoms with Crippen LogP contribution in [0, 0.1) is 0 Å². The van der Waals surface area contributed by atoms with Crippen LogP contribution in [-0.2, 0) is 11.2 Å². The van der Waals surface area contributed by atoms with Gasteiger partial charge in [-0.2, -0.15) is 0 Å². The lowest BCUT2D eigenvalue weighted by Gasteiger charge is -2.19. The van der Waals surface area contributed by atoms with Crippen LogP contribution in [0.1, 0.15) is 30.9 Å². The lowest BCUT2D eigenvalue weighted by atomic mass is 10.0. The lowest BCUT2D eigenvalue weighted by Crippen LogP contribution is -2.29. The first kappa shape index (κ1) is 16.9. The molecular weight excluding hydrogens is 292 g/mol. The largest absolute Gasteiger partial charge is 0.497 e. The molecule has 0 heterocycles. The molecule has 0 aliphatic rings. The molecule has 1 unspecified atom stereocenters. The molecule has 0 aromatic heterocycles. The van der Waals surface area contributed by atoms with Crippen molar-refractivity contribution in [3.8, 4) is 11.5 Å². The third kappa shape index (κ3) is 4.49. The summed E-state index contributed by atoms with van der Waals surface area (Å²) in [5, 5.41) is 9.50. The molecule has 0 bridgehead atoms. The third-order valence-electron chi connectivity index (χ3n) is 3.64. The van der Waals surface area contributed by atoms with Crippen LogP contribution >= 0.6 is 0 Å². The first-order valence-electron chi connectivity index (χ1n) is 7.62. The van der Waals surface area contributed by atoms with E-state index in [1.54, 1.807) is 7.11 Å². The third-order valence-corrected chi connectivity index (χ3v) is 3.64. The highest BCUT2D eigenvalue weighted by molar-refractivity contribution is 5.73. The summed E-state index contributed by atoms with van der Waals surface area (Å²) in [7, 11) is 1.59. The molecule has 0 saturated carbocycles. The number of rotatable bonds is 7. The summed E-state index contributed by atoms with van der Waals surface area (Å²) in [6.07, 6.45) is -0.666. The number of methoxy groups -OCH3 is 1. The molecule has 1 N–H and O–H groups in total. The van der Waals surface area contributed by atoms with E-state index >= 15 is 0 Å². The Kier molecular flexibility index (Phi) is 5.63. The maximum absolute atomic E-state index is 11.6. The maximum atomic E-state index is 11.6. The van der Waals surface area contributed by atoms with Crippen LogP contribution in [-0.4, -0.2) is 24.3 Å². The molecule has 0 aliphatic carbocycles. The fourth-order valence-corrected chi connectivity index (χ4v) is 2.41. The first-order chi connectivity index (χ1) is 11.0. The zero-order valence-electron chi connectivity index (χ0n) is 13.7. The molecule has 0 amide bonds. The van der Waals surface area contributed by atoms with Gasteiger partial charge >= 0.3 is 5.97 Å². The second-order valence-corrected chi connectivity index (χ2v) is 5.69. The van der Waals surface area contributed by atoms with Crippen molar-refractivity contribution in [1.29, 1.82) is 0 Å². The van der Waals surface area contributed by atoms with Gasteiger partial charge in [0.25, 0.3) is 0 Å². The zero-order chi connectivity index (χ0) is 16.8. The fourth-order valence-electron chi connectivity index (χ4n) is 2.41. The van der Waals surface area contributed by atoms with Crippen LogP contribution in [0.25, 0.3) is 0 Å². The standard InChI is InChI=1S/C19H22O4/c1-13(2)16-9-4-5-10-17(16)23-18(19(20)21)12-14-7-6-8-15(11-14)22-3/h4-11,13,18H,12H2,1-3H3,(H,20,21). The van der Waals surface area contributed by atoms with E-state index in [9.17, 15) is 9.90 Å². The van der Waals surface area contributed by atoms with Gasteiger partial charge in [-0.3, -0.25) is 0 Å². The minimum atomic E-state index is -0.980. The van der Waals surface area contributed by atoms with E-state index < -0.39 is 12.1 Å². The Morgan fingerprint density at radius 3 is 2.52 bits per heavy atom. The summed E-state index contributed by atoms with van der Waals surface area (Å²) >= 11 is 0. The van der Waals surface area contributed by atoms with Crippen LogP contribution in [0.4, 0.5) is 0 Å². The van der Waals surface area contributed by atoms with Gasteiger partial charge in [-0.25, -0.2) is 4.79 Å². The van der Waals surface area contributed by atoms with Crippen LogP contribution in [0.3, 0.4) is 0 Å². The zero-order valence-corrected chi connectivity index (χ0v) is 13.7. The number of benzene rings is 2. The number of para-hydroxylation sites is 1. The van der Waals surface area contributed by atoms with Crippen molar-refractivity contribution in [2.45, 2.75) is 32.3 Å². The second kappa shape index (κ2) is 7.68. The van der Waals surface area contributed by atoms with Crippen molar-refractivity contribution < 1.29 is 19.4 Å². The number of carbonyl (C=O) groups is 1. The first-order valence-corrected chi connectivity index (χ1v) is 7.62. The maximum Gasteiger partial charge on any atom is 0.345 e. The highest BCUT2D eigenvalue weighted by Crippen LogP contribution is 2.27. The topological polar surface area (TPSA) is 55.8 Å². The van der Waals surface area contributed by atoms with Crippen LogP contribution in [0.15, 0.2) is 48.5 Å². The number of hydrogen-bond donors (Lipinski definition) is 1. The van der Waals surface area contributed by atoms with Crippen molar-refractivity contribution in [1.82, 2.24) is 0 Å². The van der Waals surface area contributed by atoms with Crippen molar-refractivity contribution in [3.05, 3.63) is 59.7 Å². The van der Waals surface area contributed by atoms with E-state index in [0.29, 0.717) is 11.5 Å². The molecule has 0 aliphatic heterocycles. The van der Waals surface area contributed by atoms with E-state index in [-0.39, 0.29) is 12.3 Å². The van der Waals surface area contributed by atoms with Gasteiger partial charge in [0.05, 0.1) is 7.11 Å². The molecule has 122 valence electrons. The monoisotopic (exact) mass is 314 g/mol. The molecule has 2 aromatic rings.